The number of hydroxylamine groups is 2. The van der Waals surface area contributed by atoms with Crippen LogP contribution in [0.1, 0.15) is 26.3 Å². The lowest BCUT2D eigenvalue weighted by Crippen LogP contribution is -2.42. The molecule has 0 radical (unpaired) electrons. The second kappa shape index (κ2) is 10.6. The maximum absolute atomic E-state index is 12.7. The predicted octanol–water partition coefficient (Wildman–Crippen LogP) is 4.84. The predicted molar refractivity (Wildman–Crippen MR) is 134 cm³/mol. The summed E-state index contributed by atoms with van der Waals surface area (Å²) in [5, 5.41) is 5.05. The van der Waals surface area contributed by atoms with Crippen molar-refractivity contribution in [2.24, 2.45) is 0 Å². The fraction of sp³-hybridized carbons (Fsp3) is 0.160. The Labute approximate surface area is 202 Å². The number of benzene rings is 3. The minimum Gasteiger partial charge on any atom is -0.331 e. The molecular weight excluding hydrogens is 454 g/mol. The molecule has 0 aromatic heterocycles. The van der Waals surface area contributed by atoms with Crippen molar-refractivity contribution in [3.05, 3.63) is 95.6 Å². The van der Waals surface area contributed by atoms with E-state index in [0.29, 0.717) is 22.8 Å². The van der Waals surface area contributed by atoms with E-state index in [1.54, 1.807) is 36.0 Å². The van der Waals surface area contributed by atoms with Crippen LogP contribution < -0.4 is 5.32 Å². The molecule has 168 valence electrons. The standard InChI is InChI=1S/C25H23N3O3S2/c1-33-20-13-11-19(12-14-20)26-25(32)28(31-17-18-7-3-2-4-8-18)16-15-27-23(29)21-9-5-6-10-22(21)24(27)30/h2-14H,15-17H2,1H3,(H,26,32). The van der Waals surface area contributed by atoms with Crippen molar-refractivity contribution < 1.29 is 14.4 Å². The smallest absolute Gasteiger partial charge is 0.261 e. The van der Waals surface area contributed by atoms with Gasteiger partial charge in [-0.05, 0) is 60.4 Å². The first-order valence-corrected chi connectivity index (χ1v) is 12.0. The molecule has 1 aliphatic rings. The fourth-order valence-corrected chi connectivity index (χ4v) is 4.11. The van der Waals surface area contributed by atoms with E-state index in [2.05, 4.69) is 5.32 Å². The topological polar surface area (TPSA) is 61.9 Å². The molecule has 8 heteroatoms. The van der Waals surface area contributed by atoms with Gasteiger partial charge in [0.15, 0.2) is 5.11 Å². The Morgan fingerprint density at radius 3 is 2.15 bits per heavy atom. The van der Waals surface area contributed by atoms with Crippen LogP contribution >= 0.6 is 24.0 Å². The Kier molecular flexibility index (Phi) is 7.39. The molecule has 0 atom stereocenters. The molecule has 33 heavy (non-hydrogen) atoms. The fourth-order valence-electron chi connectivity index (χ4n) is 3.44. The number of imide groups is 1. The Bertz CT molecular complexity index is 1120. The lowest BCUT2D eigenvalue weighted by molar-refractivity contribution is -0.110. The molecule has 3 aromatic rings. The van der Waals surface area contributed by atoms with Crippen molar-refractivity contribution in [1.29, 1.82) is 0 Å². The van der Waals surface area contributed by atoms with Gasteiger partial charge < -0.3 is 5.32 Å². The van der Waals surface area contributed by atoms with E-state index in [1.165, 1.54) is 9.96 Å². The van der Waals surface area contributed by atoms with Crippen LogP contribution in [0.5, 0.6) is 0 Å². The first kappa shape index (κ1) is 23.0. The zero-order valence-electron chi connectivity index (χ0n) is 18.1. The van der Waals surface area contributed by atoms with Crippen molar-refractivity contribution in [3.8, 4) is 0 Å². The molecule has 1 N–H and O–H groups in total. The van der Waals surface area contributed by atoms with E-state index < -0.39 is 0 Å². The van der Waals surface area contributed by atoms with E-state index in [4.69, 9.17) is 17.1 Å². The third kappa shape index (κ3) is 5.42. The van der Waals surface area contributed by atoms with Gasteiger partial charge in [0.25, 0.3) is 11.8 Å². The molecule has 0 spiro atoms. The summed E-state index contributed by atoms with van der Waals surface area (Å²) < 4.78 is 0. The third-order valence-electron chi connectivity index (χ3n) is 5.20. The number of carbonyl (C=O) groups is 2. The molecule has 0 fully saturated rings. The first-order chi connectivity index (χ1) is 16.1. The maximum atomic E-state index is 12.7. The average molecular weight is 478 g/mol. The molecule has 2 amide bonds. The number of carbonyl (C=O) groups excluding carboxylic acids is 2. The SMILES string of the molecule is CSc1ccc(NC(=S)N(CCN2C(=O)c3ccccc3C2=O)OCc2ccccc2)cc1. The van der Waals surface area contributed by atoms with E-state index in [0.717, 1.165) is 16.1 Å². The van der Waals surface area contributed by atoms with Gasteiger partial charge in [0.05, 0.1) is 17.7 Å². The molecule has 3 aromatic carbocycles. The highest BCUT2D eigenvalue weighted by Gasteiger charge is 2.35. The monoisotopic (exact) mass is 477 g/mol. The van der Waals surface area contributed by atoms with Crippen LogP contribution in [0.4, 0.5) is 5.69 Å². The van der Waals surface area contributed by atoms with Gasteiger partial charge in [-0.15, -0.1) is 11.8 Å². The van der Waals surface area contributed by atoms with E-state index in [1.807, 2.05) is 60.9 Å². The van der Waals surface area contributed by atoms with Gasteiger partial charge in [-0.2, -0.15) is 0 Å². The summed E-state index contributed by atoms with van der Waals surface area (Å²) in [5.41, 5.74) is 2.66. The van der Waals surface area contributed by atoms with E-state index >= 15 is 0 Å². The number of anilines is 1. The largest absolute Gasteiger partial charge is 0.331 e. The average Bonchev–Trinajstić information content (AvgIpc) is 3.10. The minimum atomic E-state index is -0.301. The van der Waals surface area contributed by atoms with Crippen molar-refractivity contribution in [2.45, 2.75) is 11.5 Å². The molecule has 6 nitrogen and oxygen atoms in total. The lowest BCUT2D eigenvalue weighted by Gasteiger charge is -2.26. The molecule has 0 bridgehead atoms. The molecule has 1 heterocycles. The van der Waals surface area contributed by atoms with Crippen LogP contribution in [0, 0.1) is 0 Å². The van der Waals surface area contributed by atoms with Crippen molar-refractivity contribution >= 4 is 46.6 Å². The van der Waals surface area contributed by atoms with Gasteiger partial charge in [0.2, 0.25) is 0 Å². The molecule has 1 aliphatic heterocycles. The minimum absolute atomic E-state index is 0.147. The van der Waals surface area contributed by atoms with Crippen molar-refractivity contribution in [2.75, 3.05) is 24.7 Å². The summed E-state index contributed by atoms with van der Waals surface area (Å²) in [6.07, 6.45) is 2.02. The highest BCUT2D eigenvalue weighted by molar-refractivity contribution is 7.98. The number of amides is 2. The van der Waals surface area contributed by atoms with Crippen LogP contribution in [-0.4, -0.2) is 46.2 Å². The van der Waals surface area contributed by atoms with Crippen molar-refractivity contribution in [1.82, 2.24) is 9.96 Å². The number of rotatable bonds is 8. The molecular formula is C25H23N3O3S2. The van der Waals surface area contributed by atoms with Crippen molar-refractivity contribution in [3.63, 3.8) is 0 Å². The van der Waals surface area contributed by atoms with Crippen LogP contribution in [0.15, 0.2) is 83.8 Å². The Morgan fingerprint density at radius 2 is 1.55 bits per heavy atom. The third-order valence-corrected chi connectivity index (χ3v) is 6.25. The second-order valence-corrected chi connectivity index (χ2v) is 8.59. The summed E-state index contributed by atoms with van der Waals surface area (Å²) >= 11 is 7.26. The van der Waals surface area contributed by atoms with Gasteiger partial charge in [0.1, 0.15) is 6.61 Å². The number of nitrogens with one attached hydrogen (secondary N) is 1. The number of hydrogen-bond donors (Lipinski definition) is 1. The summed E-state index contributed by atoms with van der Waals surface area (Å²) in [4.78, 5) is 33.8. The maximum Gasteiger partial charge on any atom is 0.261 e. The van der Waals surface area contributed by atoms with Gasteiger partial charge in [-0.1, -0.05) is 42.5 Å². The van der Waals surface area contributed by atoms with Crippen LogP contribution in [0.2, 0.25) is 0 Å². The van der Waals surface area contributed by atoms with E-state index in [-0.39, 0.29) is 24.9 Å². The second-order valence-electron chi connectivity index (χ2n) is 7.33. The molecule has 0 saturated carbocycles. The number of thioether (sulfide) groups is 1. The highest BCUT2D eigenvalue weighted by Crippen LogP contribution is 2.22. The number of hydrogen-bond acceptors (Lipinski definition) is 5. The van der Waals surface area contributed by atoms with Crippen LogP contribution in [0.25, 0.3) is 0 Å². The van der Waals surface area contributed by atoms with Gasteiger partial charge in [0, 0.05) is 17.1 Å². The first-order valence-electron chi connectivity index (χ1n) is 10.4. The molecule has 0 unspecified atom stereocenters. The van der Waals surface area contributed by atoms with E-state index in [9.17, 15) is 9.59 Å². The molecule has 0 aliphatic carbocycles. The van der Waals surface area contributed by atoms with Gasteiger partial charge >= 0.3 is 0 Å². The number of fused-ring (bicyclic) bond motifs is 1. The van der Waals surface area contributed by atoms with Gasteiger partial charge in [-0.3, -0.25) is 19.3 Å². The van der Waals surface area contributed by atoms with Gasteiger partial charge in [-0.25, -0.2) is 5.06 Å². The normalized spacial score (nSPS) is 12.6. The summed E-state index contributed by atoms with van der Waals surface area (Å²) in [6, 6.07) is 24.5. The number of thiocarbonyl (C=S) groups is 1. The summed E-state index contributed by atoms with van der Waals surface area (Å²) in [7, 11) is 0. The quantitative estimate of drug-likeness (QED) is 0.216. The highest BCUT2D eigenvalue weighted by atomic mass is 32.2. The Balaban J connectivity index is 1.45. The summed E-state index contributed by atoms with van der Waals surface area (Å²) in [6.45, 7) is 0.678. The molecule has 4 rings (SSSR count). The van der Waals surface area contributed by atoms with Crippen LogP contribution in [0.3, 0.4) is 0 Å². The molecule has 0 saturated heterocycles. The van der Waals surface area contributed by atoms with Crippen LogP contribution in [-0.2, 0) is 11.4 Å². The Hall–Kier alpha value is -3.20. The summed E-state index contributed by atoms with van der Waals surface area (Å²) in [5.74, 6) is -0.602. The zero-order chi connectivity index (χ0) is 23.2. The Morgan fingerprint density at radius 1 is 0.939 bits per heavy atom. The number of nitrogens with zero attached hydrogens (tertiary/aromatic N) is 2. The zero-order valence-corrected chi connectivity index (χ0v) is 19.7. The lowest BCUT2D eigenvalue weighted by atomic mass is 10.1.